The van der Waals surface area contributed by atoms with Crippen LogP contribution in [0.15, 0.2) is 24.3 Å². The van der Waals surface area contributed by atoms with Crippen molar-refractivity contribution in [2.45, 2.75) is 13.0 Å². The van der Waals surface area contributed by atoms with E-state index in [1.807, 2.05) is 18.2 Å². The van der Waals surface area contributed by atoms with E-state index >= 15 is 0 Å². The fourth-order valence-corrected chi connectivity index (χ4v) is 2.83. The summed E-state index contributed by atoms with van der Waals surface area (Å²) in [6, 6.07) is 7.56. The molecule has 1 unspecified atom stereocenters. The molecule has 2 aliphatic heterocycles. The first-order chi connectivity index (χ1) is 10.1. The zero-order chi connectivity index (χ0) is 15.0. The SMILES string of the molecule is CN1C(=O)NCC(C(=O)N2CCc3ccccc3C2)C1=O. The second-order valence-electron chi connectivity index (χ2n) is 5.41. The molecule has 0 aromatic heterocycles. The van der Waals surface area contributed by atoms with Crippen molar-refractivity contribution in [1.82, 2.24) is 15.1 Å². The molecule has 6 heteroatoms. The van der Waals surface area contributed by atoms with Crippen LogP contribution in [0, 0.1) is 5.92 Å². The van der Waals surface area contributed by atoms with Gasteiger partial charge in [0.05, 0.1) is 0 Å². The summed E-state index contributed by atoms with van der Waals surface area (Å²) in [6.07, 6.45) is 0.797. The standard InChI is InChI=1S/C15H17N3O3/c1-17-13(19)12(8-16-15(17)21)14(20)18-7-6-10-4-2-3-5-11(10)9-18/h2-5,12H,6-9H2,1H3,(H,16,21). The third-order valence-corrected chi connectivity index (χ3v) is 4.13. The quantitative estimate of drug-likeness (QED) is 0.759. The van der Waals surface area contributed by atoms with Gasteiger partial charge in [-0.3, -0.25) is 14.5 Å². The first-order valence-electron chi connectivity index (χ1n) is 6.99. The Morgan fingerprint density at radius 2 is 1.95 bits per heavy atom. The van der Waals surface area contributed by atoms with Crippen LogP contribution in [-0.2, 0) is 22.6 Å². The van der Waals surface area contributed by atoms with Crippen LogP contribution in [-0.4, -0.2) is 47.8 Å². The molecule has 0 aliphatic carbocycles. The second-order valence-corrected chi connectivity index (χ2v) is 5.41. The van der Waals surface area contributed by atoms with E-state index < -0.39 is 17.9 Å². The molecule has 3 rings (SSSR count). The first kappa shape index (κ1) is 13.6. The van der Waals surface area contributed by atoms with Gasteiger partial charge >= 0.3 is 6.03 Å². The lowest BCUT2D eigenvalue weighted by Crippen LogP contribution is -2.57. The maximum absolute atomic E-state index is 12.6. The number of benzene rings is 1. The third kappa shape index (κ3) is 2.37. The van der Waals surface area contributed by atoms with E-state index in [0.717, 1.165) is 16.9 Å². The van der Waals surface area contributed by atoms with E-state index in [1.54, 1.807) is 4.90 Å². The summed E-state index contributed by atoms with van der Waals surface area (Å²) in [7, 11) is 1.39. The van der Waals surface area contributed by atoms with Gasteiger partial charge in [0.25, 0.3) is 0 Å². The molecular formula is C15H17N3O3. The van der Waals surface area contributed by atoms with E-state index in [1.165, 1.54) is 12.6 Å². The third-order valence-electron chi connectivity index (χ3n) is 4.13. The number of rotatable bonds is 1. The van der Waals surface area contributed by atoms with Crippen LogP contribution in [0.1, 0.15) is 11.1 Å². The fraction of sp³-hybridized carbons (Fsp3) is 0.400. The van der Waals surface area contributed by atoms with Crippen LogP contribution in [0.5, 0.6) is 0 Å². The summed E-state index contributed by atoms with van der Waals surface area (Å²) in [4.78, 5) is 38.7. The zero-order valence-corrected chi connectivity index (χ0v) is 11.8. The van der Waals surface area contributed by atoms with Crippen molar-refractivity contribution in [3.05, 3.63) is 35.4 Å². The molecule has 1 aromatic rings. The molecule has 110 valence electrons. The van der Waals surface area contributed by atoms with Gasteiger partial charge in [0, 0.05) is 26.7 Å². The average molecular weight is 287 g/mol. The molecule has 1 aromatic carbocycles. The molecule has 1 saturated heterocycles. The van der Waals surface area contributed by atoms with Crippen LogP contribution in [0.25, 0.3) is 0 Å². The van der Waals surface area contributed by atoms with Crippen molar-refractivity contribution >= 4 is 17.8 Å². The largest absolute Gasteiger partial charge is 0.337 e. The Balaban J connectivity index is 1.75. The zero-order valence-electron chi connectivity index (χ0n) is 11.8. The Labute approximate surface area is 122 Å². The number of nitrogens with one attached hydrogen (secondary N) is 1. The molecule has 1 atom stereocenters. The van der Waals surface area contributed by atoms with E-state index in [-0.39, 0.29) is 12.5 Å². The predicted octanol–water partition coefficient (Wildman–Crippen LogP) is 0.369. The highest BCUT2D eigenvalue weighted by molar-refractivity contribution is 6.08. The first-order valence-corrected chi connectivity index (χ1v) is 6.99. The molecule has 21 heavy (non-hydrogen) atoms. The van der Waals surface area contributed by atoms with Gasteiger partial charge in [0.15, 0.2) is 0 Å². The van der Waals surface area contributed by atoms with Gasteiger partial charge in [-0.15, -0.1) is 0 Å². The molecule has 2 aliphatic rings. The number of nitrogens with zero attached hydrogens (tertiary/aromatic N) is 2. The number of imide groups is 1. The highest BCUT2D eigenvalue weighted by Crippen LogP contribution is 2.21. The molecule has 0 bridgehead atoms. The van der Waals surface area contributed by atoms with E-state index in [9.17, 15) is 14.4 Å². The van der Waals surface area contributed by atoms with Crippen LogP contribution in [0.2, 0.25) is 0 Å². The minimum absolute atomic E-state index is 0.0823. The van der Waals surface area contributed by atoms with E-state index in [0.29, 0.717) is 13.1 Å². The number of fused-ring (bicyclic) bond motifs is 1. The van der Waals surface area contributed by atoms with Gasteiger partial charge in [-0.25, -0.2) is 4.79 Å². The molecule has 0 spiro atoms. The van der Waals surface area contributed by atoms with Gasteiger partial charge in [0.2, 0.25) is 11.8 Å². The Bertz CT molecular complexity index is 614. The number of hydrogen-bond acceptors (Lipinski definition) is 3. The minimum Gasteiger partial charge on any atom is -0.337 e. The van der Waals surface area contributed by atoms with Crippen molar-refractivity contribution in [1.29, 1.82) is 0 Å². The average Bonchev–Trinajstić information content (AvgIpc) is 2.52. The molecule has 1 N–H and O–H groups in total. The van der Waals surface area contributed by atoms with Crippen molar-refractivity contribution in [3.8, 4) is 0 Å². The molecular weight excluding hydrogens is 270 g/mol. The number of amides is 4. The number of carbonyl (C=O) groups excluding carboxylic acids is 3. The number of hydrogen-bond donors (Lipinski definition) is 1. The van der Waals surface area contributed by atoms with Crippen molar-refractivity contribution < 1.29 is 14.4 Å². The van der Waals surface area contributed by atoms with Crippen molar-refractivity contribution in [3.63, 3.8) is 0 Å². The summed E-state index contributed by atoms with van der Waals surface area (Å²) >= 11 is 0. The second kappa shape index (κ2) is 5.20. The Kier molecular flexibility index (Phi) is 3.37. The minimum atomic E-state index is -0.807. The smallest absolute Gasteiger partial charge is 0.323 e. The molecule has 0 saturated carbocycles. The van der Waals surface area contributed by atoms with E-state index in [4.69, 9.17) is 0 Å². The van der Waals surface area contributed by atoms with Crippen LogP contribution < -0.4 is 5.32 Å². The number of carbonyl (C=O) groups is 3. The van der Waals surface area contributed by atoms with Crippen LogP contribution >= 0.6 is 0 Å². The molecule has 1 fully saturated rings. The summed E-state index contributed by atoms with van der Waals surface area (Å²) < 4.78 is 0. The molecule has 0 radical (unpaired) electrons. The maximum Gasteiger partial charge on any atom is 0.323 e. The number of urea groups is 1. The summed E-state index contributed by atoms with van der Waals surface area (Å²) in [5, 5.41) is 2.57. The Morgan fingerprint density at radius 3 is 2.71 bits per heavy atom. The Hall–Kier alpha value is -2.37. The highest BCUT2D eigenvalue weighted by Gasteiger charge is 2.39. The summed E-state index contributed by atoms with van der Waals surface area (Å²) in [5.41, 5.74) is 2.37. The highest BCUT2D eigenvalue weighted by atomic mass is 16.2. The summed E-state index contributed by atoms with van der Waals surface area (Å²) in [5.74, 6) is -1.44. The van der Waals surface area contributed by atoms with E-state index in [2.05, 4.69) is 11.4 Å². The molecule has 2 heterocycles. The predicted molar refractivity (Wildman–Crippen MR) is 75.2 cm³/mol. The fourth-order valence-electron chi connectivity index (χ4n) is 2.83. The monoisotopic (exact) mass is 287 g/mol. The lowest BCUT2D eigenvalue weighted by Gasteiger charge is -2.34. The maximum atomic E-state index is 12.6. The van der Waals surface area contributed by atoms with Gasteiger partial charge in [-0.2, -0.15) is 0 Å². The molecule has 6 nitrogen and oxygen atoms in total. The lowest BCUT2D eigenvalue weighted by molar-refractivity contribution is -0.146. The van der Waals surface area contributed by atoms with Gasteiger partial charge in [-0.05, 0) is 17.5 Å². The van der Waals surface area contributed by atoms with Gasteiger partial charge in [-0.1, -0.05) is 24.3 Å². The summed E-state index contributed by atoms with van der Waals surface area (Å²) in [6.45, 7) is 1.22. The van der Waals surface area contributed by atoms with Crippen LogP contribution in [0.3, 0.4) is 0 Å². The van der Waals surface area contributed by atoms with Crippen molar-refractivity contribution in [2.75, 3.05) is 20.1 Å². The lowest BCUT2D eigenvalue weighted by atomic mass is 9.97. The Morgan fingerprint density at radius 1 is 1.24 bits per heavy atom. The van der Waals surface area contributed by atoms with Gasteiger partial charge in [0.1, 0.15) is 5.92 Å². The van der Waals surface area contributed by atoms with Crippen LogP contribution in [0.4, 0.5) is 4.79 Å². The topological polar surface area (TPSA) is 69.7 Å². The molecule has 4 amide bonds. The van der Waals surface area contributed by atoms with Gasteiger partial charge < -0.3 is 10.2 Å². The van der Waals surface area contributed by atoms with Crippen molar-refractivity contribution in [2.24, 2.45) is 5.92 Å². The normalized spacial score (nSPS) is 21.9.